The number of nitrogens with zero attached hydrogens (tertiary/aromatic N) is 2. The van der Waals surface area contributed by atoms with E-state index in [0.29, 0.717) is 26.2 Å². The zero-order valence-electron chi connectivity index (χ0n) is 17.8. The number of anilines is 1. The van der Waals surface area contributed by atoms with Gasteiger partial charge in [0.25, 0.3) is 0 Å². The van der Waals surface area contributed by atoms with Crippen molar-refractivity contribution >= 4 is 25.4 Å². The van der Waals surface area contributed by atoms with Gasteiger partial charge in [0, 0.05) is 32.2 Å². The summed E-state index contributed by atoms with van der Waals surface area (Å²) in [7, 11) is -5.54. The molecule has 2 aliphatic heterocycles. The molecule has 0 bridgehead atoms. The van der Waals surface area contributed by atoms with Crippen molar-refractivity contribution < 1.29 is 21.6 Å². The van der Waals surface area contributed by atoms with Crippen LogP contribution in [0, 0.1) is 6.92 Å². The van der Waals surface area contributed by atoms with Gasteiger partial charge in [-0.15, -0.1) is 0 Å². The van der Waals surface area contributed by atoms with E-state index in [1.165, 1.54) is 0 Å². The summed E-state index contributed by atoms with van der Waals surface area (Å²) in [6, 6.07) is 13.9. The SMILES string of the molecule is COc1ccccc1N1CCN(C2CS(=O)(=O)CC2S(=O)(=O)c2ccc(C)cc2)CC1. The molecule has 2 aliphatic rings. The van der Waals surface area contributed by atoms with Crippen LogP contribution in [0.15, 0.2) is 53.4 Å². The largest absolute Gasteiger partial charge is 0.495 e. The first kappa shape index (κ1) is 22.1. The Morgan fingerprint density at radius 3 is 2.23 bits per heavy atom. The number of ether oxygens (including phenoxy) is 1. The number of hydrogen-bond acceptors (Lipinski definition) is 7. The van der Waals surface area contributed by atoms with Gasteiger partial charge in [-0.2, -0.15) is 0 Å². The highest BCUT2D eigenvalue weighted by Crippen LogP contribution is 2.32. The first-order chi connectivity index (χ1) is 14.7. The molecule has 2 unspecified atom stereocenters. The molecule has 0 amide bonds. The quantitative estimate of drug-likeness (QED) is 0.667. The van der Waals surface area contributed by atoms with Crippen LogP contribution in [0.2, 0.25) is 0 Å². The highest BCUT2D eigenvalue weighted by Gasteiger charge is 2.48. The predicted octanol–water partition coefficient (Wildman–Crippen LogP) is 1.77. The Hall–Kier alpha value is -2.10. The van der Waals surface area contributed by atoms with Gasteiger partial charge in [0.2, 0.25) is 0 Å². The van der Waals surface area contributed by atoms with Crippen molar-refractivity contribution in [2.24, 2.45) is 0 Å². The molecule has 7 nitrogen and oxygen atoms in total. The van der Waals surface area contributed by atoms with Crippen LogP contribution < -0.4 is 9.64 Å². The number of piperazine rings is 1. The Morgan fingerprint density at radius 2 is 1.58 bits per heavy atom. The lowest BCUT2D eigenvalue weighted by atomic mass is 10.1. The average Bonchev–Trinajstić information content (AvgIpc) is 3.10. The van der Waals surface area contributed by atoms with E-state index < -0.39 is 31.0 Å². The molecule has 0 aromatic heterocycles. The molecule has 0 radical (unpaired) electrons. The maximum absolute atomic E-state index is 13.3. The molecule has 2 aromatic rings. The van der Waals surface area contributed by atoms with Crippen molar-refractivity contribution in [3.8, 4) is 5.75 Å². The smallest absolute Gasteiger partial charge is 0.183 e. The fraction of sp³-hybridized carbons (Fsp3) is 0.455. The summed E-state index contributed by atoms with van der Waals surface area (Å²) >= 11 is 0. The topological polar surface area (TPSA) is 84.0 Å². The third-order valence-corrected chi connectivity index (χ3v) is 10.4. The lowest BCUT2D eigenvalue weighted by Crippen LogP contribution is -2.55. The molecular weight excluding hydrogens is 436 g/mol. The number of methoxy groups -OCH3 is 1. The maximum atomic E-state index is 13.3. The van der Waals surface area contributed by atoms with Crippen LogP contribution in [0.3, 0.4) is 0 Å². The molecule has 2 fully saturated rings. The molecule has 4 rings (SSSR count). The average molecular weight is 465 g/mol. The summed E-state index contributed by atoms with van der Waals surface area (Å²) in [5, 5.41) is -0.946. The van der Waals surface area contributed by atoms with E-state index in [1.54, 1.807) is 31.4 Å². The van der Waals surface area contributed by atoms with Crippen molar-refractivity contribution in [2.75, 3.05) is 49.7 Å². The second-order valence-electron chi connectivity index (χ2n) is 8.24. The Bertz CT molecular complexity index is 1140. The van der Waals surface area contributed by atoms with Gasteiger partial charge in [0.1, 0.15) is 5.75 Å². The van der Waals surface area contributed by atoms with Gasteiger partial charge < -0.3 is 9.64 Å². The van der Waals surface area contributed by atoms with E-state index in [0.717, 1.165) is 17.0 Å². The van der Waals surface area contributed by atoms with Crippen molar-refractivity contribution in [2.45, 2.75) is 23.1 Å². The van der Waals surface area contributed by atoms with Crippen LogP contribution in [0.4, 0.5) is 5.69 Å². The standard InChI is InChI=1S/C22H28N2O5S2/c1-17-7-9-18(10-8-17)31(27,28)22-16-30(25,26)15-20(22)24-13-11-23(12-14-24)19-5-3-4-6-21(19)29-2/h3-10,20,22H,11-16H2,1-2H3. The minimum absolute atomic E-state index is 0.114. The molecule has 2 atom stereocenters. The van der Waals surface area contributed by atoms with Crippen molar-refractivity contribution in [3.63, 3.8) is 0 Å². The van der Waals surface area contributed by atoms with Crippen molar-refractivity contribution in [3.05, 3.63) is 54.1 Å². The molecule has 0 aliphatic carbocycles. The Morgan fingerprint density at radius 1 is 0.935 bits per heavy atom. The number of benzene rings is 2. The Labute approximate surface area is 184 Å². The number of aryl methyl sites for hydroxylation is 1. The molecular formula is C22H28N2O5S2. The minimum Gasteiger partial charge on any atom is -0.495 e. The highest BCUT2D eigenvalue weighted by molar-refractivity contribution is 7.96. The molecule has 168 valence electrons. The Kier molecular flexibility index (Phi) is 6.02. The van der Waals surface area contributed by atoms with Gasteiger partial charge in [0.05, 0.1) is 34.4 Å². The summed E-state index contributed by atoms with van der Waals surface area (Å²) in [6.07, 6.45) is 0. The fourth-order valence-electron chi connectivity index (χ4n) is 4.52. The van der Waals surface area contributed by atoms with E-state index in [-0.39, 0.29) is 16.4 Å². The van der Waals surface area contributed by atoms with Crippen LogP contribution in [0.1, 0.15) is 5.56 Å². The zero-order valence-corrected chi connectivity index (χ0v) is 19.4. The van der Waals surface area contributed by atoms with Crippen molar-refractivity contribution in [1.82, 2.24) is 4.90 Å². The third kappa shape index (κ3) is 4.44. The molecule has 0 saturated carbocycles. The first-order valence-corrected chi connectivity index (χ1v) is 13.7. The van der Waals surface area contributed by atoms with Crippen LogP contribution in [-0.4, -0.2) is 77.8 Å². The molecule has 2 heterocycles. The second-order valence-corrected chi connectivity index (χ2v) is 12.6. The van der Waals surface area contributed by atoms with Gasteiger partial charge in [-0.3, -0.25) is 4.90 Å². The highest BCUT2D eigenvalue weighted by atomic mass is 32.2. The van der Waals surface area contributed by atoms with Gasteiger partial charge in [0.15, 0.2) is 19.7 Å². The molecule has 9 heteroatoms. The van der Waals surface area contributed by atoms with E-state index in [9.17, 15) is 16.8 Å². The summed E-state index contributed by atoms with van der Waals surface area (Å²) in [5.41, 5.74) is 1.95. The van der Waals surface area contributed by atoms with E-state index in [4.69, 9.17) is 4.74 Å². The predicted molar refractivity (Wildman–Crippen MR) is 121 cm³/mol. The molecule has 2 saturated heterocycles. The Balaban J connectivity index is 1.55. The summed E-state index contributed by atoms with van der Waals surface area (Å²) in [5.74, 6) is 0.358. The van der Waals surface area contributed by atoms with Gasteiger partial charge in [-0.25, -0.2) is 16.8 Å². The lowest BCUT2D eigenvalue weighted by Gasteiger charge is -2.40. The normalized spacial score (nSPS) is 24.3. The maximum Gasteiger partial charge on any atom is 0.183 e. The van der Waals surface area contributed by atoms with Crippen LogP contribution in [-0.2, 0) is 19.7 Å². The monoisotopic (exact) mass is 464 g/mol. The summed E-state index contributed by atoms with van der Waals surface area (Å²) < 4.78 is 57.1. The number of hydrogen-bond donors (Lipinski definition) is 0. The zero-order chi connectivity index (χ0) is 22.2. The number of para-hydroxylation sites is 2. The molecule has 0 N–H and O–H groups in total. The molecule has 2 aromatic carbocycles. The van der Waals surface area contributed by atoms with Crippen LogP contribution in [0.5, 0.6) is 5.75 Å². The van der Waals surface area contributed by atoms with E-state index in [2.05, 4.69) is 4.90 Å². The fourth-order valence-corrected chi connectivity index (χ4v) is 9.35. The number of sulfone groups is 2. The summed E-state index contributed by atoms with van der Waals surface area (Å²) in [4.78, 5) is 4.42. The molecule has 31 heavy (non-hydrogen) atoms. The van der Waals surface area contributed by atoms with E-state index >= 15 is 0 Å². The van der Waals surface area contributed by atoms with Crippen LogP contribution >= 0.6 is 0 Å². The van der Waals surface area contributed by atoms with Crippen LogP contribution in [0.25, 0.3) is 0 Å². The van der Waals surface area contributed by atoms with E-state index in [1.807, 2.05) is 36.1 Å². The van der Waals surface area contributed by atoms with Gasteiger partial charge >= 0.3 is 0 Å². The third-order valence-electron chi connectivity index (χ3n) is 6.23. The van der Waals surface area contributed by atoms with Crippen molar-refractivity contribution in [1.29, 1.82) is 0 Å². The lowest BCUT2D eigenvalue weighted by molar-refractivity contribution is 0.201. The second kappa shape index (κ2) is 8.44. The summed E-state index contributed by atoms with van der Waals surface area (Å²) in [6.45, 7) is 4.43. The first-order valence-electron chi connectivity index (χ1n) is 10.3. The van der Waals surface area contributed by atoms with Gasteiger partial charge in [-0.05, 0) is 31.2 Å². The number of rotatable bonds is 5. The minimum atomic E-state index is -3.76. The molecule has 0 spiro atoms. The van der Waals surface area contributed by atoms with Gasteiger partial charge in [-0.1, -0.05) is 29.8 Å².